The SMILES string of the molecule is O=C(N1CCS(=O)CC1)N(Cc1ccc(-c2nnc(C(F)(F)F)o2)cc1)c1cccc(-c2ccoc2)c1. The average Bonchev–Trinajstić information content (AvgIpc) is 3.61. The van der Waals surface area contributed by atoms with Crippen LogP contribution in [0, 0.1) is 0 Å². The van der Waals surface area contributed by atoms with E-state index >= 15 is 0 Å². The summed E-state index contributed by atoms with van der Waals surface area (Å²) < 4.78 is 60.1. The molecule has 2 aromatic carbocycles. The predicted molar refractivity (Wildman–Crippen MR) is 130 cm³/mol. The Hall–Kier alpha value is -3.93. The molecule has 2 aromatic heterocycles. The lowest BCUT2D eigenvalue weighted by Crippen LogP contribution is -2.48. The fraction of sp³-hybridized carbons (Fsp3) is 0.240. The van der Waals surface area contributed by atoms with Gasteiger partial charge in [0.25, 0.3) is 0 Å². The van der Waals surface area contributed by atoms with Gasteiger partial charge in [0, 0.05) is 52.2 Å². The van der Waals surface area contributed by atoms with E-state index in [0.29, 0.717) is 35.8 Å². The van der Waals surface area contributed by atoms with Gasteiger partial charge in [-0.15, -0.1) is 10.2 Å². The molecule has 0 bridgehead atoms. The molecule has 12 heteroatoms. The van der Waals surface area contributed by atoms with Crippen LogP contribution in [-0.4, -0.2) is 49.9 Å². The first kappa shape index (κ1) is 24.8. The van der Waals surface area contributed by atoms with E-state index < -0.39 is 22.9 Å². The van der Waals surface area contributed by atoms with E-state index in [2.05, 4.69) is 10.2 Å². The van der Waals surface area contributed by atoms with Crippen LogP contribution < -0.4 is 4.90 Å². The van der Waals surface area contributed by atoms with Crippen molar-refractivity contribution in [1.29, 1.82) is 0 Å². The molecule has 0 saturated carbocycles. The van der Waals surface area contributed by atoms with Crippen LogP contribution >= 0.6 is 0 Å². The monoisotopic (exact) mass is 530 g/mol. The van der Waals surface area contributed by atoms with Gasteiger partial charge in [0.15, 0.2) is 0 Å². The molecule has 2 amide bonds. The maximum Gasteiger partial charge on any atom is 0.470 e. The second kappa shape index (κ2) is 10.2. The van der Waals surface area contributed by atoms with Crippen LogP contribution in [0.25, 0.3) is 22.6 Å². The maximum absolute atomic E-state index is 13.6. The smallest absolute Gasteiger partial charge is 0.470 e. The van der Waals surface area contributed by atoms with Gasteiger partial charge in [-0.05, 0) is 41.5 Å². The number of nitrogens with zero attached hydrogens (tertiary/aromatic N) is 4. The standard InChI is InChI=1S/C25H21F3N4O4S/c26-25(27,28)23-30-29-22(36-23)18-6-4-17(5-7-18)15-32(24(33)31-9-12-37(34)13-10-31)21-3-1-2-19(14-21)20-8-11-35-16-20/h1-8,11,14,16H,9-10,12-13,15H2. The van der Waals surface area contributed by atoms with E-state index in [1.54, 1.807) is 46.6 Å². The van der Waals surface area contributed by atoms with Crippen molar-refractivity contribution in [3.05, 3.63) is 78.6 Å². The molecule has 1 aliphatic rings. The number of carbonyl (C=O) groups excluding carboxylic acids is 1. The summed E-state index contributed by atoms with van der Waals surface area (Å²) in [6.07, 6.45) is -1.54. The molecule has 37 heavy (non-hydrogen) atoms. The topological polar surface area (TPSA) is 92.7 Å². The zero-order chi connectivity index (χ0) is 26.0. The van der Waals surface area contributed by atoms with Crippen molar-refractivity contribution in [1.82, 2.24) is 15.1 Å². The number of urea groups is 1. The highest BCUT2D eigenvalue weighted by Gasteiger charge is 2.38. The number of carbonyl (C=O) groups is 1. The molecule has 0 atom stereocenters. The summed E-state index contributed by atoms with van der Waals surface area (Å²) >= 11 is 0. The van der Waals surface area contributed by atoms with E-state index in [1.807, 2.05) is 30.3 Å². The number of rotatable bonds is 5. The molecule has 0 spiro atoms. The van der Waals surface area contributed by atoms with Crippen LogP contribution in [0.1, 0.15) is 11.5 Å². The minimum Gasteiger partial charge on any atom is -0.472 e. The number of anilines is 1. The molecule has 0 unspecified atom stereocenters. The van der Waals surface area contributed by atoms with Gasteiger partial charge in [-0.3, -0.25) is 9.11 Å². The summed E-state index contributed by atoms with van der Waals surface area (Å²) in [7, 11) is -0.935. The second-order valence-electron chi connectivity index (χ2n) is 8.37. The van der Waals surface area contributed by atoms with Crippen LogP contribution in [-0.2, 0) is 23.5 Å². The number of amides is 2. The van der Waals surface area contributed by atoms with Crippen LogP contribution in [0.4, 0.5) is 23.7 Å². The molecule has 1 fully saturated rings. The third-order valence-corrected chi connectivity index (χ3v) is 7.18. The quantitative estimate of drug-likeness (QED) is 0.352. The van der Waals surface area contributed by atoms with Gasteiger partial charge in [0.2, 0.25) is 5.89 Å². The normalized spacial score (nSPS) is 14.6. The Balaban J connectivity index is 1.42. The van der Waals surface area contributed by atoms with Crippen molar-refractivity contribution in [3.63, 3.8) is 0 Å². The number of furan rings is 1. The van der Waals surface area contributed by atoms with Crippen LogP contribution in [0.3, 0.4) is 0 Å². The van der Waals surface area contributed by atoms with Gasteiger partial charge in [0.1, 0.15) is 0 Å². The maximum atomic E-state index is 13.6. The summed E-state index contributed by atoms with van der Waals surface area (Å²) in [5.41, 5.74) is 3.46. The number of benzene rings is 2. The molecule has 8 nitrogen and oxygen atoms in total. The first-order valence-corrected chi connectivity index (χ1v) is 12.8. The Morgan fingerprint density at radius 2 is 1.76 bits per heavy atom. The Labute approximate surface area is 212 Å². The highest BCUT2D eigenvalue weighted by atomic mass is 32.2. The molecule has 5 rings (SSSR count). The van der Waals surface area contributed by atoms with Gasteiger partial charge in [-0.1, -0.05) is 24.3 Å². The molecule has 4 aromatic rings. The third-order valence-electron chi connectivity index (χ3n) is 5.90. The highest BCUT2D eigenvalue weighted by molar-refractivity contribution is 7.85. The molecular weight excluding hydrogens is 509 g/mol. The summed E-state index contributed by atoms with van der Waals surface area (Å²) in [4.78, 5) is 16.9. The van der Waals surface area contributed by atoms with Gasteiger partial charge in [-0.25, -0.2) is 4.79 Å². The van der Waals surface area contributed by atoms with Crippen molar-refractivity contribution < 1.29 is 31.0 Å². The first-order valence-electron chi connectivity index (χ1n) is 11.3. The Morgan fingerprint density at radius 1 is 1.00 bits per heavy atom. The zero-order valence-electron chi connectivity index (χ0n) is 19.4. The van der Waals surface area contributed by atoms with Crippen molar-refractivity contribution >= 4 is 22.5 Å². The van der Waals surface area contributed by atoms with Crippen LogP contribution in [0.15, 0.2) is 76.0 Å². The molecule has 1 saturated heterocycles. The van der Waals surface area contributed by atoms with E-state index in [1.165, 1.54) is 0 Å². The summed E-state index contributed by atoms with van der Waals surface area (Å²) in [6.45, 7) is 0.979. The minimum absolute atomic E-state index is 0.200. The largest absolute Gasteiger partial charge is 0.472 e. The van der Waals surface area contributed by atoms with Crippen molar-refractivity contribution in [2.75, 3.05) is 29.5 Å². The van der Waals surface area contributed by atoms with E-state index in [9.17, 15) is 22.2 Å². The predicted octanol–water partition coefficient (Wildman–Crippen LogP) is 5.21. The molecule has 0 N–H and O–H groups in total. The fourth-order valence-corrected chi connectivity index (χ4v) is 4.99. The van der Waals surface area contributed by atoms with Crippen molar-refractivity contribution in [2.24, 2.45) is 0 Å². The summed E-state index contributed by atoms with van der Waals surface area (Å²) in [5, 5.41) is 6.54. The lowest BCUT2D eigenvalue weighted by molar-refractivity contribution is -0.156. The summed E-state index contributed by atoms with van der Waals surface area (Å²) in [5.74, 6) is -0.815. The lowest BCUT2D eigenvalue weighted by Gasteiger charge is -2.33. The Morgan fingerprint density at radius 3 is 2.41 bits per heavy atom. The lowest BCUT2D eigenvalue weighted by atomic mass is 10.1. The van der Waals surface area contributed by atoms with E-state index in [0.717, 1.165) is 16.7 Å². The Kier molecular flexibility index (Phi) is 6.83. The number of alkyl halides is 3. The average molecular weight is 531 g/mol. The number of hydrogen-bond acceptors (Lipinski definition) is 6. The van der Waals surface area contributed by atoms with Gasteiger partial charge >= 0.3 is 18.1 Å². The molecule has 0 radical (unpaired) electrons. The van der Waals surface area contributed by atoms with Gasteiger partial charge in [-0.2, -0.15) is 13.2 Å². The number of aromatic nitrogens is 2. The summed E-state index contributed by atoms with van der Waals surface area (Å²) in [6, 6.07) is 15.6. The molecule has 0 aliphatic carbocycles. The van der Waals surface area contributed by atoms with Crippen molar-refractivity contribution in [2.45, 2.75) is 12.7 Å². The molecule has 1 aliphatic heterocycles. The van der Waals surface area contributed by atoms with Crippen molar-refractivity contribution in [3.8, 4) is 22.6 Å². The first-order chi connectivity index (χ1) is 17.8. The highest BCUT2D eigenvalue weighted by Crippen LogP contribution is 2.31. The van der Waals surface area contributed by atoms with E-state index in [4.69, 9.17) is 8.83 Å². The minimum atomic E-state index is -4.72. The second-order valence-corrected chi connectivity index (χ2v) is 10.1. The van der Waals surface area contributed by atoms with Crippen LogP contribution in [0.5, 0.6) is 0 Å². The van der Waals surface area contributed by atoms with Gasteiger partial charge in [0.05, 0.1) is 19.1 Å². The number of halogens is 3. The third kappa shape index (κ3) is 5.58. The van der Waals surface area contributed by atoms with Gasteiger partial charge < -0.3 is 13.7 Å². The molecule has 3 heterocycles. The van der Waals surface area contributed by atoms with E-state index in [-0.39, 0.29) is 18.5 Å². The zero-order valence-corrected chi connectivity index (χ0v) is 20.2. The fourth-order valence-electron chi connectivity index (χ4n) is 3.94. The molecular formula is C25H21F3N4O4S. The molecule has 192 valence electrons. The Bertz CT molecular complexity index is 1390. The number of hydrogen-bond donors (Lipinski definition) is 0. The van der Waals surface area contributed by atoms with Crippen LogP contribution in [0.2, 0.25) is 0 Å².